The van der Waals surface area contributed by atoms with Gasteiger partial charge in [-0.15, -0.1) is 0 Å². The topological polar surface area (TPSA) is 36.4 Å². The zero-order valence-electron chi connectivity index (χ0n) is 15.9. The zero-order chi connectivity index (χ0) is 19.1. The number of carbonyl (C=O) groups is 1. The maximum Gasteiger partial charge on any atom is 0.272 e. The summed E-state index contributed by atoms with van der Waals surface area (Å²) in [6.07, 6.45) is 1.78. The lowest BCUT2D eigenvalue weighted by molar-refractivity contribution is 0.0767. The number of para-hydroxylation sites is 1. The van der Waals surface area contributed by atoms with Crippen LogP contribution in [0.1, 0.15) is 29.9 Å². The van der Waals surface area contributed by atoms with Gasteiger partial charge in [0.25, 0.3) is 5.91 Å². The fraction of sp³-hybridized carbons (Fsp3) is 0.217. The quantitative estimate of drug-likeness (QED) is 0.602. The molecule has 0 fully saturated rings. The molecule has 4 nitrogen and oxygen atoms in total. The first-order valence-electron chi connectivity index (χ1n) is 9.34. The van der Waals surface area contributed by atoms with Crippen LogP contribution in [0.2, 0.25) is 0 Å². The van der Waals surface area contributed by atoms with Crippen molar-refractivity contribution in [3.8, 4) is 0 Å². The Balaban J connectivity index is 1.89. The molecular weight excluding hydrogens is 334 g/mol. The van der Waals surface area contributed by atoms with Gasteiger partial charge in [-0.05, 0) is 43.7 Å². The minimum atomic E-state index is -0.0270. The van der Waals surface area contributed by atoms with Crippen LogP contribution in [-0.2, 0) is 6.54 Å². The van der Waals surface area contributed by atoms with Crippen molar-refractivity contribution in [1.82, 2.24) is 9.88 Å². The summed E-state index contributed by atoms with van der Waals surface area (Å²) in [6.45, 7) is 6.06. The summed E-state index contributed by atoms with van der Waals surface area (Å²) in [7, 11) is 0. The molecule has 0 atom stereocenters. The number of nitrogens with zero attached hydrogens (tertiary/aromatic N) is 3. The molecule has 0 aliphatic heterocycles. The Morgan fingerprint density at radius 1 is 0.815 bits per heavy atom. The number of aromatic nitrogens is 1. The van der Waals surface area contributed by atoms with Crippen LogP contribution in [-0.4, -0.2) is 28.9 Å². The maximum absolute atomic E-state index is 12.5. The Labute approximate surface area is 161 Å². The van der Waals surface area contributed by atoms with E-state index in [-0.39, 0.29) is 5.91 Å². The molecule has 0 aliphatic rings. The predicted octanol–water partition coefficient (Wildman–Crippen LogP) is 4.90. The normalized spacial score (nSPS) is 10.4. The zero-order valence-corrected chi connectivity index (χ0v) is 15.9. The summed E-state index contributed by atoms with van der Waals surface area (Å²) in [5.74, 6) is -0.0270. The van der Waals surface area contributed by atoms with Crippen LogP contribution < -0.4 is 4.90 Å². The number of pyridine rings is 1. The number of hydrogen-bond donors (Lipinski definition) is 0. The molecular formula is C23H25N3O. The molecule has 27 heavy (non-hydrogen) atoms. The van der Waals surface area contributed by atoms with Crippen LogP contribution in [0.15, 0.2) is 79.0 Å². The molecule has 3 rings (SSSR count). The molecule has 0 N–H and O–H groups in total. The van der Waals surface area contributed by atoms with Crippen molar-refractivity contribution in [1.29, 1.82) is 0 Å². The molecule has 0 unspecified atom stereocenters. The predicted molar refractivity (Wildman–Crippen MR) is 110 cm³/mol. The van der Waals surface area contributed by atoms with E-state index < -0.39 is 0 Å². The van der Waals surface area contributed by atoms with Gasteiger partial charge in [0.2, 0.25) is 0 Å². The maximum atomic E-state index is 12.5. The van der Waals surface area contributed by atoms with Gasteiger partial charge in [-0.25, -0.2) is 4.98 Å². The van der Waals surface area contributed by atoms with E-state index in [1.54, 1.807) is 11.1 Å². The van der Waals surface area contributed by atoms with Gasteiger partial charge in [-0.3, -0.25) is 4.79 Å². The summed E-state index contributed by atoms with van der Waals surface area (Å²) in [6, 6.07) is 24.3. The van der Waals surface area contributed by atoms with Crippen LogP contribution in [0.5, 0.6) is 0 Å². The first kappa shape index (κ1) is 18.6. The number of carbonyl (C=O) groups excluding carboxylic acids is 1. The summed E-state index contributed by atoms with van der Waals surface area (Å²) >= 11 is 0. The molecule has 0 radical (unpaired) electrons. The van der Waals surface area contributed by atoms with Crippen molar-refractivity contribution >= 4 is 17.3 Å². The monoisotopic (exact) mass is 359 g/mol. The fourth-order valence-corrected chi connectivity index (χ4v) is 3.05. The number of benzene rings is 2. The van der Waals surface area contributed by atoms with E-state index in [4.69, 9.17) is 0 Å². The Kier molecular flexibility index (Phi) is 6.21. The van der Waals surface area contributed by atoms with Crippen molar-refractivity contribution < 1.29 is 4.79 Å². The van der Waals surface area contributed by atoms with E-state index >= 15 is 0 Å². The number of amides is 1. The Hall–Kier alpha value is -3.14. The van der Waals surface area contributed by atoms with Crippen LogP contribution in [0.3, 0.4) is 0 Å². The largest absolute Gasteiger partial charge is 0.338 e. The van der Waals surface area contributed by atoms with E-state index in [1.165, 1.54) is 5.56 Å². The molecule has 0 spiro atoms. The van der Waals surface area contributed by atoms with E-state index in [9.17, 15) is 4.79 Å². The SMILES string of the molecule is CCN(CC)C(=O)c1ccc(N(Cc2ccccc2)c2ccccc2)cn1. The molecule has 1 amide bonds. The molecule has 138 valence electrons. The van der Waals surface area contributed by atoms with Gasteiger partial charge in [0, 0.05) is 25.3 Å². The molecule has 0 saturated carbocycles. The minimum absolute atomic E-state index is 0.0270. The number of hydrogen-bond acceptors (Lipinski definition) is 3. The van der Waals surface area contributed by atoms with Crippen LogP contribution >= 0.6 is 0 Å². The molecule has 1 aromatic heterocycles. The second kappa shape index (κ2) is 8.99. The van der Waals surface area contributed by atoms with Gasteiger partial charge in [0.05, 0.1) is 11.9 Å². The Bertz CT molecular complexity index is 844. The average Bonchev–Trinajstić information content (AvgIpc) is 2.74. The number of anilines is 2. The lowest BCUT2D eigenvalue weighted by Gasteiger charge is -2.25. The van der Waals surface area contributed by atoms with Gasteiger partial charge in [-0.2, -0.15) is 0 Å². The molecule has 4 heteroatoms. The second-order valence-electron chi connectivity index (χ2n) is 6.29. The van der Waals surface area contributed by atoms with Crippen molar-refractivity contribution in [3.63, 3.8) is 0 Å². The lowest BCUT2D eigenvalue weighted by Crippen LogP contribution is -2.31. The third-order valence-corrected chi connectivity index (χ3v) is 4.58. The highest BCUT2D eigenvalue weighted by atomic mass is 16.2. The molecule has 0 bridgehead atoms. The van der Waals surface area contributed by atoms with Gasteiger partial charge >= 0.3 is 0 Å². The minimum Gasteiger partial charge on any atom is -0.338 e. The first-order chi connectivity index (χ1) is 13.2. The van der Waals surface area contributed by atoms with E-state index in [1.807, 2.05) is 62.4 Å². The third kappa shape index (κ3) is 4.53. The summed E-state index contributed by atoms with van der Waals surface area (Å²) in [4.78, 5) is 20.9. The Morgan fingerprint density at radius 2 is 1.44 bits per heavy atom. The number of rotatable bonds is 7. The second-order valence-corrected chi connectivity index (χ2v) is 6.29. The van der Waals surface area contributed by atoms with E-state index in [0.29, 0.717) is 18.8 Å². The van der Waals surface area contributed by atoms with Gasteiger partial charge in [0.15, 0.2) is 0 Å². The first-order valence-corrected chi connectivity index (χ1v) is 9.34. The van der Waals surface area contributed by atoms with Gasteiger partial charge < -0.3 is 9.80 Å². The average molecular weight is 359 g/mol. The van der Waals surface area contributed by atoms with Crippen molar-refractivity contribution in [2.45, 2.75) is 20.4 Å². The van der Waals surface area contributed by atoms with Crippen molar-refractivity contribution in [2.24, 2.45) is 0 Å². The Morgan fingerprint density at radius 3 is 2.00 bits per heavy atom. The van der Waals surface area contributed by atoms with Gasteiger partial charge in [-0.1, -0.05) is 48.5 Å². The highest BCUT2D eigenvalue weighted by Gasteiger charge is 2.15. The highest BCUT2D eigenvalue weighted by Crippen LogP contribution is 2.27. The van der Waals surface area contributed by atoms with Crippen molar-refractivity contribution in [2.75, 3.05) is 18.0 Å². The third-order valence-electron chi connectivity index (χ3n) is 4.58. The summed E-state index contributed by atoms with van der Waals surface area (Å²) < 4.78 is 0. The summed E-state index contributed by atoms with van der Waals surface area (Å²) in [5.41, 5.74) is 3.74. The van der Waals surface area contributed by atoms with Crippen LogP contribution in [0, 0.1) is 0 Å². The fourth-order valence-electron chi connectivity index (χ4n) is 3.05. The van der Waals surface area contributed by atoms with Crippen LogP contribution in [0.4, 0.5) is 11.4 Å². The molecule has 3 aromatic rings. The molecule has 0 saturated heterocycles. The van der Waals surface area contributed by atoms with Gasteiger partial charge in [0.1, 0.15) is 5.69 Å². The molecule has 2 aromatic carbocycles. The lowest BCUT2D eigenvalue weighted by atomic mass is 10.1. The molecule has 1 heterocycles. The smallest absolute Gasteiger partial charge is 0.272 e. The highest BCUT2D eigenvalue weighted by molar-refractivity contribution is 5.92. The summed E-state index contributed by atoms with van der Waals surface area (Å²) in [5, 5.41) is 0. The van der Waals surface area contributed by atoms with E-state index in [0.717, 1.165) is 17.9 Å². The van der Waals surface area contributed by atoms with E-state index in [2.05, 4.69) is 34.1 Å². The standard InChI is InChI=1S/C23H25N3O/c1-3-25(4-2)23(27)22-16-15-21(17-24-22)26(20-13-9-6-10-14-20)18-19-11-7-5-8-12-19/h5-17H,3-4,18H2,1-2H3. The van der Waals surface area contributed by atoms with Crippen molar-refractivity contribution in [3.05, 3.63) is 90.3 Å². The molecule has 0 aliphatic carbocycles. The van der Waals surface area contributed by atoms with Crippen LogP contribution in [0.25, 0.3) is 0 Å².